The molecule has 1 amide bonds. The van der Waals surface area contributed by atoms with Crippen molar-refractivity contribution in [3.05, 3.63) is 64.2 Å². The lowest BCUT2D eigenvalue weighted by atomic mass is 10.1. The Kier molecular flexibility index (Phi) is 7.04. The van der Waals surface area contributed by atoms with Gasteiger partial charge in [0, 0.05) is 5.02 Å². The minimum atomic E-state index is -0.607. The van der Waals surface area contributed by atoms with E-state index >= 15 is 0 Å². The van der Waals surface area contributed by atoms with E-state index < -0.39 is 11.9 Å². The number of carbonyl (C=O) groups is 2. The van der Waals surface area contributed by atoms with E-state index in [9.17, 15) is 9.59 Å². The Labute approximate surface area is 158 Å². The zero-order chi connectivity index (χ0) is 19.1. The van der Waals surface area contributed by atoms with Crippen LogP contribution in [-0.4, -0.2) is 25.1 Å². The van der Waals surface area contributed by atoms with E-state index in [1.807, 2.05) is 57.2 Å². The first-order chi connectivity index (χ1) is 12.3. The molecule has 1 N–H and O–H groups in total. The van der Waals surface area contributed by atoms with E-state index in [4.69, 9.17) is 21.1 Å². The highest BCUT2D eigenvalue weighted by Gasteiger charge is 2.14. The normalized spacial score (nSPS) is 11.5. The first-order valence-electron chi connectivity index (χ1n) is 8.25. The molecule has 0 aliphatic carbocycles. The zero-order valence-electron chi connectivity index (χ0n) is 15.0. The fourth-order valence-corrected chi connectivity index (χ4v) is 2.83. The second kappa shape index (κ2) is 9.25. The second-order valence-electron chi connectivity index (χ2n) is 6.08. The maximum Gasteiger partial charge on any atom is 0.344 e. The van der Waals surface area contributed by atoms with Crippen LogP contribution in [0.4, 0.5) is 0 Å². The van der Waals surface area contributed by atoms with Crippen molar-refractivity contribution in [3.63, 3.8) is 0 Å². The molecule has 2 aromatic carbocycles. The van der Waals surface area contributed by atoms with Crippen LogP contribution >= 0.6 is 11.6 Å². The summed E-state index contributed by atoms with van der Waals surface area (Å²) in [7, 11) is 0. The van der Waals surface area contributed by atoms with Crippen LogP contribution in [0.25, 0.3) is 0 Å². The molecule has 138 valence electrons. The Bertz CT molecular complexity index is 771. The summed E-state index contributed by atoms with van der Waals surface area (Å²) in [4.78, 5) is 23.7. The van der Waals surface area contributed by atoms with E-state index in [-0.39, 0.29) is 19.3 Å². The molecule has 0 aliphatic heterocycles. The molecule has 0 aromatic heterocycles. The summed E-state index contributed by atoms with van der Waals surface area (Å²) in [5.74, 6) is -0.418. The van der Waals surface area contributed by atoms with Crippen LogP contribution in [0.1, 0.15) is 29.7 Å². The molecule has 2 aromatic rings. The summed E-state index contributed by atoms with van der Waals surface area (Å²) in [6, 6.07) is 12.6. The third-order valence-electron chi connectivity index (χ3n) is 3.67. The van der Waals surface area contributed by atoms with Crippen molar-refractivity contribution in [1.82, 2.24) is 5.32 Å². The second-order valence-corrected chi connectivity index (χ2v) is 6.49. The van der Waals surface area contributed by atoms with Gasteiger partial charge in [-0.25, -0.2) is 4.79 Å². The van der Waals surface area contributed by atoms with Gasteiger partial charge in [0.05, 0.1) is 6.04 Å². The fraction of sp³-hybridized carbons (Fsp3) is 0.300. The lowest BCUT2D eigenvalue weighted by Gasteiger charge is -2.15. The topological polar surface area (TPSA) is 64.6 Å². The van der Waals surface area contributed by atoms with Crippen LogP contribution in [0.2, 0.25) is 5.02 Å². The standard InChI is InChI=1S/C20H22ClNO4/c1-13-8-14(2)10-16(9-13)25-12-20(24)26-11-19(23)22-15(3)17-6-4-5-7-18(17)21/h4-10,15H,11-12H2,1-3H3,(H,22,23)/t15-/m0/s1. The average Bonchev–Trinajstić information content (AvgIpc) is 2.57. The molecule has 5 nitrogen and oxygen atoms in total. The molecule has 0 bridgehead atoms. The molecule has 0 heterocycles. The number of benzene rings is 2. The SMILES string of the molecule is Cc1cc(C)cc(OCC(=O)OCC(=O)N[C@@H](C)c2ccccc2Cl)c1. The number of hydrogen-bond acceptors (Lipinski definition) is 4. The molecule has 2 rings (SSSR count). The summed E-state index contributed by atoms with van der Waals surface area (Å²) in [6.07, 6.45) is 0. The Balaban J connectivity index is 1.76. The van der Waals surface area contributed by atoms with Crippen molar-refractivity contribution >= 4 is 23.5 Å². The van der Waals surface area contributed by atoms with E-state index in [2.05, 4.69) is 5.32 Å². The molecule has 0 fully saturated rings. The Morgan fingerprint density at radius 1 is 1.08 bits per heavy atom. The summed E-state index contributed by atoms with van der Waals surface area (Å²) < 4.78 is 10.3. The van der Waals surface area contributed by atoms with E-state index in [0.29, 0.717) is 10.8 Å². The number of rotatable bonds is 7. The van der Waals surface area contributed by atoms with Crippen LogP contribution in [0, 0.1) is 13.8 Å². The zero-order valence-corrected chi connectivity index (χ0v) is 15.8. The number of hydrogen-bond donors (Lipinski definition) is 1. The Hall–Kier alpha value is -2.53. The van der Waals surface area contributed by atoms with Gasteiger partial charge in [0.25, 0.3) is 5.91 Å². The molecule has 0 aliphatic rings. The minimum Gasteiger partial charge on any atom is -0.482 e. The molecule has 0 saturated carbocycles. The summed E-state index contributed by atoms with van der Waals surface area (Å²) >= 11 is 6.10. The van der Waals surface area contributed by atoms with Gasteiger partial charge in [-0.3, -0.25) is 4.79 Å². The number of esters is 1. The largest absolute Gasteiger partial charge is 0.482 e. The molecule has 0 saturated heterocycles. The molecule has 0 spiro atoms. The van der Waals surface area contributed by atoms with Gasteiger partial charge in [-0.05, 0) is 55.7 Å². The summed E-state index contributed by atoms with van der Waals surface area (Å²) in [5.41, 5.74) is 2.88. The van der Waals surface area contributed by atoms with Crippen LogP contribution in [-0.2, 0) is 14.3 Å². The van der Waals surface area contributed by atoms with Gasteiger partial charge in [0.15, 0.2) is 13.2 Å². The van der Waals surface area contributed by atoms with E-state index in [1.165, 1.54) is 0 Å². The van der Waals surface area contributed by atoms with Crippen molar-refractivity contribution in [2.24, 2.45) is 0 Å². The van der Waals surface area contributed by atoms with Crippen molar-refractivity contribution in [1.29, 1.82) is 0 Å². The highest BCUT2D eigenvalue weighted by molar-refractivity contribution is 6.31. The van der Waals surface area contributed by atoms with Crippen LogP contribution in [0.3, 0.4) is 0 Å². The molecular formula is C20H22ClNO4. The van der Waals surface area contributed by atoms with Crippen LogP contribution in [0.15, 0.2) is 42.5 Å². The summed E-state index contributed by atoms with van der Waals surface area (Å²) in [6.45, 7) is 5.08. The molecular weight excluding hydrogens is 354 g/mol. The molecule has 1 atom stereocenters. The van der Waals surface area contributed by atoms with Gasteiger partial charge in [-0.1, -0.05) is 35.9 Å². The van der Waals surface area contributed by atoms with Crippen LogP contribution in [0.5, 0.6) is 5.75 Å². The monoisotopic (exact) mass is 375 g/mol. The lowest BCUT2D eigenvalue weighted by Crippen LogP contribution is -2.32. The number of halogens is 1. The fourth-order valence-electron chi connectivity index (χ4n) is 2.53. The first kappa shape index (κ1) is 19.8. The Morgan fingerprint density at radius 2 is 1.73 bits per heavy atom. The molecule has 0 radical (unpaired) electrons. The number of nitrogens with one attached hydrogen (secondary N) is 1. The number of ether oxygens (including phenoxy) is 2. The quantitative estimate of drug-likeness (QED) is 0.748. The summed E-state index contributed by atoms with van der Waals surface area (Å²) in [5, 5.41) is 3.31. The van der Waals surface area contributed by atoms with E-state index in [0.717, 1.165) is 16.7 Å². The maximum absolute atomic E-state index is 11.9. The molecule has 6 heteroatoms. The minimum absolute atomic E-state index is 0.254. The van der Waals surface area contributed by atoms with Gasteiger partial charge in [0.2, 0.25) is 0 Å². The highest BCUT2D eigenvalue weighted by Crippen LogP contribution is 2.22. The van der Waals surface area contributed by atoms with Gasteiger partial charge < -0.3 is 14.8 Å². The smallest absolute Gasteiger partial charge is 0.344 e. The predicted octanol–water partition coefficient (Wildman–Crippen LogP) is 3.76. The number of carbonyl (C=O) groups excluding carboxylic acids is 2. The highest BCUT2D eigenvalue weighted by atomic mass is 35.5. The molecule has 26 heavy (non-hydrogen) atoms. The lowest BCUT2D eigenvalue weighted by molar-refractivity contribution is -0.150. The van der Waals surface area contributed by atoms with Crippen molar-refractivity contribution in [3.8, 4) is 5.75 Å². The first-order valence-corrected chi connectivity index (χ1v) is 8.63. The average molecular weight is 376 g/mol. The van der Waals surface area contributed by atoms with Gasteiger partial charge in [-0.2, -0.15) is 0 Å². The van der Waals surface area contributed by atoms with Crippen molar-refractivity contribution < 1.29 is 19.1 Å². The van der Waals surface area contributed by atoms with Crippen molar-refractivity contribution in [2.75, 3.05) is 13.2 Å². The Morgan fingerprint density at radius 3 is 2.38 bits per heavy atom. The number of amides is 1. The van der Waals surface area contributed by atoms with E-state index in [1.54, 1.807) is 6.07 Å². The van der Waals surface area contributed by atoms with Crippen molar-refractivity contribution in [2.45, 2.75) is 26.8 Å². The number of aryl methyl sites for hydroxylation is 2. The van der Waals surface area contributed by atoms with Gasteiger partial charge in [0.1, 0.15) is 5.75 Å². The molecule has 0 unspecified atom stereocenters. The van der Waals surface area contributed by atoms with Gasteiger partial charge >= 0.3 is 5.97 Å². The third-order valence-corrected chi connectivity index (χ3v) is 4.01. The maximum atomic E-state index is 11.9. The van der Waals surface area contributed by atoms with Crippen LogP contribution < -0.4 is 10.1 Å². The predicted molar refractivity (Wildman–Crippen MR) is 100 cm³/mol. The van der Waals surface area contributed by atoms with Gasteiger partial charge in [-0.15, -0.1) is 0 Å². The third kappa shape index (κ3) is 6.08.